The zero-order valence-electron chi connectivity index (χ0n) is 13.3. The maximum Gasteiger partial charge on any atom is 0.288 e. The molecule has 124 valence electrons. The Morgan fingerprint density at radius 2 is 2.12 bits per heavy atom. The summed E-state index contributed by atoms with van der Waals surface area (Å²) in [7, 11) is 1.65. The van der Waals surface area contributed by atoms with Crippen molar-refractivity contribution < 1.29 is 9.15 Å². The summed E-state index contributed by atoms with van der Waals surface area (Å²) < 4.78 is 12.6. The topological polar surface area (TPSA) is 43.4 Å². The van der Waals surface area contributed by atoms with E-state index in [2.05, 4.69) is 21.4 Å². The Bertz CT molecular complexity index is 895. The second kappa shape index (κ2) is 6.51. The van der Waals surface area contributed by atoms with Crippen molar-refractivity contribution in [2.24, 2.45) is 0 Å². The van der Waals surface area contributed by atoms with Gasteiger partial charge in [0, 0.05) is 23.5 Å². The van der Waals surface area contributed by atoms with Crippen molar-refractivity contribution in [2.75, 3.05) is 13.7 Å². The van der Waals surface area contributed by atoms with E-state index in [4.69, 9.17) is 21.4 Å². The molecule has 0 bridgehead atoms. The largest absolute Gasteiger partial charge is 0.497 e. The molecule has 4 rings (SSSR count). The summed E-state index contributed by atoms with van der Waals surface area (Å²) in [5, 5.41) is 6.70. The van der Waals surface area contributed by atoms with Crippen LogP contribution < -0.4 is 4.74 Å². The molecule has 0 saturated carbocycles. The Morgan fingerprint density at radius 3 is 2.92 bits per heavy atom. The van der Waals surface area contributed by atoms with Gasteiger partial charge in [-0.05, 0) is 59.9 Å². The van der Waals surface area contributed by atoms with Gasteiger partial charge in [-0.15, -0.1) is 16.4 Å². The summed E-state index contributed by atoms with van der Waals surface area (Å²) in [4.78, 5) is 4.23. The molecule has 0 spiro atoms. The highest BCUT2D eigenvalue weighted by molar-refractivity contribution is 7.71. The number of hydrogen-bond acceptors (Lipinski definition) is 6. The molecule has 5 nitrogen and oxygen atoms in total. The smallest absolute Gasteiger partial charge is 0.288 e. The van der Waals surface area contributed by atoms with Gasteiger partial charge in [0.2, 0.25) is 5.89 Å². The fourth-order valence-electron chi connectivity index (χ4n) is 2.86. The van der Waals surface area contributed by atoms with Gasteiger partial charge in [0.15, 0.2) is 0 Å². The van der Waals surface area contributed by atoms with E-state index >= 15 is 0 Å². The van der Waals surface area contributed by atoms with Gasteiger partial charge >= 0.3 is 0 Å². The number of methoxy groups -OCH3 is 1. The van der Waals surface area contributed by atoms with Crippen molar-refractivity contribution in [2.45, 2.75) is 19.6 Å². The lowest BCUT2D eigenvalue weighted by molar-refractivity contribution is 0.187. The third kappa shape index (κ3) is 3.02. The Kier molecular flexibility index (Phi) is 4.22. The summed E-state index contributed by atoms with van der Waals surface area (Å²) in [6.45, 7) is 2.60. The molecule has 0 saturated heterocycles. The Labute approximate surface area is 149 Å². The number of rotatable bonds is 4. The Morgan fingerprint density at radius 1 is 1.29 bits per heavy atom. The maximum absolute atomic E-state index is 5.67. The molecule has 1 aromatic carbocycles. The number of benzene rings is 1. The molecule has 3 aromatic rings. The van der Waals surface area contributed by atoms with Crippen LogP contribution in [0, 0.1) is 4.84 Å². The highest BCUT2D eigenvalue weighted by atomic mass is 32.1. The third-order valence-corrected chi connectivity index (χ3v) is 5.48. The predicted molar refractivity (Wildman–Crippen MR) is 95.7 cm³/mol. The van der Waals surface area contributed by atoms with Gasteiger partial charge < -0.3 is 9.15 Å². The van der Waals surface area contributed by atoms with Crippen molar-refractivity contribution in [3.63, 3.8) is 0 Å². The molecule has 2 aromatic heterocycles. The molecule has 0 radical (unpaired) electrons. The zero-order chi connectivity index (χ0) is 16.5. The van der Waals surface area contributed by atoms with Crippen molar-refractivity contribution >= 4 is 23.6 Å². The average molecular weight is 359 g/mol. The van der Waals surface area contributed by atoms with E-state index in [1.54, 1.807) is 11.8 Å². The molecule has 24 heavy (non-hydrogen) atoms. The van der Waals surface area contributed by atoms with Crippen LogP contribution in [0.15, 0.2) is 40.1 Å². The van der Waals surface area contributed by atoms with Gasteiger partial charge in [0.1, 0.15) is 5.75 Å². The van der Waals surface area contributed by atoms with Crippen LogP contribution in [0.1, 0.15) is 10.4 Å². The molecule has 3 heterocycles. The van der Waals surface area contributed by atoms with E-state index in [1.165, 1.54) is 10.4 Å². The van der Waals surface area contributed by atoms with Crippen LogP contribution in [0.5, 0.6) is 5.75 Å². The average Bonchev–Trinajstić information content (AvgIpc) is 3.21. The first-order valence-electron chi connectivity index (χ1n) is 7.73. The molecule has 0 amide bonds. The molecular formula is C17H17N3O2S2. The van der Waals surface area contributed by atoms with E-state index in [1.807, 2.05) is 35.6 Å². The summed E-state index contributed by atoms with van der Waals surface area (Å²) in [5.41, 5.74) is 2.30. The second-order valence-corrected chi connectivity index (χ2v) is 7.06. The predicted octanol–water partition coefficient (Wildman–Crippen LogP) is 3.96. The minimum Gasteiger partial charge on any atom is -0.497 e. The zero-order valence-corrected chi connectivity index (χ0v) is 14.9. The number of aromatic nitrogens is 2. The van der Waals surface area contributed by atoms with Gasteiger partial charge in [0.05, 0.1) is 13.8 Å². The van der Waals surface area contributed by atoms with E-state index in [9.17, 15) is 0 Å². The van der Waals surface area contributed by atoms with Crippen molar-refractivity contribution in [3.05, 3.63) is 51.0 Å². The van der Waals surface area contributed by atoms with Gasteiger partial charge in [-0.3, -0.25) is 4.90 Å². The summed E-state index contributed by atoms with van der Waals surface area (Å²) >= 11 is 7.18. The molecule has 1 aliphatic heterocycles. The first-order chi connectivity index (χ1) is 11.7. The number of hydrogen-bond donors (Lipinski definition) is 0. The van der Waals surface area contributed by atoms with Crippen LogP contribution >= 0.6 is 23.6 Å². The van der Waals surface area contributed by atoms with Gasteiger partial charge in [-0.1, -0.05) is 0 Å². The Hall–Kier alpha value is -1.96. The lowest BCUT2D eigenvalue weighted by Gasteiger charge is -2.26. The van der Waals surface area contributed by atoms with Gasteiger partial charge in [-0.25, -0.2) is 4.68 Å². The van der Waals surface area contributed by atoms with E-state index in [-0.39, 0.29) is 0 Å². The van der Waals surface area contributed by atoms with E-state index < -0.39 is 0 Å². The minimum atomic E-state index is 0.400. The van der Waals surface area contributed by atoms with Crippen LogP contribution in [-0.2, 0) is 19.6 Å². The second-order valence-electron chi connectivity index (χ2n) is 5.71. The van der Waals surface area contributed by atoms with Crippen LogP contribution in [0.2, 0.25) is 0 Å². The highest BCUT2D eigenvalue weighted by Gasteiger charge is 2.18. The quantitative estimate of drug-likeness (QED) is 0.660. The summed E-state index contributed by atoms with van der Waals surface area (Å²) in [5.74, 6) is 1.34. The molecule has 1 aliphatic rings. The third-order valence-electron chi connectivity index (χ3n) is 4.16. The van der Waals surface area contributed by atoms with E-state index in [0.29, 0.717) is 17.4 Å². The van der Waals surface area contributed by atoms with Crippen molar-refractivity contribution in [1.82, 2.24) is 14.7 Å². The van der Waals surface area contributed by atoms with Crippen molar-refractivity contribution in [3.8, 4) is 17.2 Å². The first kappa shape index (κ1) is 15.6. The van der Waals surface area contributed by atoms with Crippen LogP contribution in [0.25, 0.3) is 11.5 Å². The standard InChI is InChI=1S/C17H17N3O2S2/c1-21-14-4-2-12(3-5-14)16-18-20(17(23)22-16)11-19-8-6-15-13(10-19)7-9-24-15/h2-5,7,9H,6,8,10-11H2,1H3. The van der Waals surface area contributed by atoms with Crippen LogP contribution in [-0.4, -0.2) is 28.3 Å². The molecule has 7 heteroatoms. The molecule has 0 unspecified atom stereocenters. The molecule has 0 fully saturated rings. The minimum absolute atomic E-state index is 0.400. The number of nitrogens with zero attached hydrogens (tertiary/aromatic N) is 3. The van der Waals surface area contributed by atoms with Crippen LogP contribution in [0.4, 0.5) is 0 Å². The maximum atomic E-state index is 5.67. The number of fused-ring (bicyclic) bond motifs is 1. The normalized spacial score (nSPS) is 14.5. The van der Waals surface area contributed by atoms with Gasteiger partial charge in [-0.2, -0.15) is 0 Å². The Balaban J connectivity index is 1.52. The molecule has 0 aliphatic carbocycles. The molecule has 0 atom stereocenters. The van der Waals surface area contributed by atoms with E-state index in [0.717, 1.165) is 30.8 Å². The van der Waals surface area contributed by atoms with Gasteiger partial charge in [0.25, 0.3) is 4.84 Å². The highest BCUT2D eigenvalue weighted by Crippen LogP contribution is 2.25. The monoisotopic (exact) mass is 359 g/mol. The van der Waals surface area contributed by atoms with Crippen LogP contribution in [0.3, 0.4) is 0 Å². The van der Waals surface area contributed by atoms with Crippen molar-refractivity contribution in [1.29, 1.82) is 0 Å². The first-order valence-corrected chi connectivity index (χ1v) is 9.02. The summed E-state index contributed by atoms with van der Waals surface area (Å²) in [6, 6.07) is 9.81. The molecule has 0 N–H and O–H groups in total. The number of ether oxygens (including phenoxy) is 1. The lowest BCUT2D eigenvalue weighted by atomic mass is 10.1. The lowest BCUT2D eigenvalue weighted by Crippen LogP contribution is -2.32. The fourth-order valence-corrected chi connectivity index (χ4v) is 3.93. The summed E-state index contributed by atoms with van der Waals surface area (Å²) in [6.07, 6.45) is 1.09. The fraction of sp³-hybridized carbons (Fsp3) is 0.294. The number of thiophene rings is 1. The SMILES string of the molecule is COc1ccc(-c2nn(CN3CCc4sccc4C3)c(=S)o2)cc1. The molecular weight excluding hydrogens is 342 g/mol.